The van der Waals surface area contributed by atoms with Gasteiger partial charge in [-0.1, -0.05) is 91.0 Å². The summed E-state index contributed by atoms with van der Waals surface area (Å²) in [5, 5.41) is 10.8. The van der Waals surface area contributed by atoms with Crippen molar-refractivity contribution in [3.05, 3.63) is 158 Å². The number of hydrogen-bond donors (Lipinski definition) is 2. The molecule has 290 valence electrons. The van der Waals surface area contributed by atoms with Crippen molar-refractivity contribution in [1.82, 2.24) is 19.8 Å². The largest absolute Gasteiger partial charge is 0.416 e. The van der Waals surface area contributed by atoms with Crippen molar-refractivity contribution in [2.24, 2.45) is 0 Å². The topological polar surface area (TPSA) is 98.8 Å². The van der Waals surface area contributed by atoms with Crippen LogP contribution in [0.2, 0.25) is 0 Å². The minimum absolute atomic E-state index is 0.0905. The fourth-order valence-corrected chi connectivity index (χ4v) is 8.10. The molecular formula is C45H45F3N4O4. The molecule has 1 amide bonds. The van der Waals surface area contributed by atoms with Crippen molar-refractivity contribution in [3.8, 4) is 11.1 Å². The Hall–Kier alpha value is -5.10. The van der Waals surface area contributed by atoms with Crippen molar-refractivity contribution in [1.29, 1.82) is 0 Å². The van der Waals surface area contributed by atoms with E-state index < -0.39 is 29.2 Å². The molecule has 0 spiro atoms. The van der Waals surface area contributed by atoms with Gasteiger partial charge in [-0.2, -0.15) is 13.2 Å². The van der Waals surface area contributed by atoms with Gasteiger partial charge in [-0.15, -0.1) is 0 Å². The molecule has 2 aliphatic heterocycles. The second kappa shape index (κ2) is 15.8. The third-order valence-corrected chi connectivity index (χ3v) is 11.5. The highest BCUT2D eigenvalue weighted by Crippen LogP contribution is 2.52. The maximum Gasteiger partial charge on any atom is 0.416 e. The molecular weight excluding hydrogens is 718 g/mol. The van der Waals surface area contributed by atoms with Crippen LogP contribution in [0.3, 0.4) is 0 Å². The summed E-state index contributed by atoms with van der Waals surface area (Å²) in [5.41, 5.74) is 4.82. The average molecular weight is 763 g/mol. The molecule has 11 heteroatoms. The summed E-state index contributed by atoms with van der Waals surface area (Å²) in [6, 6.07) is 31.6. The molecule has 1 atom stereocenters. The molecule has 1 saturated heterocycles. The first kappa shape index (κ1) is 37.8. The molecule has 8 nitrogen and oxygen atoms in total. The molecule has 0 radical (unpaired) electrons. The SMILES string of the molecule is O=C([C@H](O)c1cccc(C(F)(F)F)c1)N1CCCc2nc(C3(c4cccc(-c5ccc(CN6CCC(OCc7ccccc7)CC6)cc5)c4)CC3)[nH]c(=O)c2C1. The number of aromatic nitrogens is 2. The van der Waals surface area contributed by atoms with Crippen LogP contribution in [0.4, 0.5) is 13.2 Å². The second-order valence-electron chi connectivity index (χ2n) is 15.4. The number of aliphatic hydroxyl groups is 1. The van der Waals surface area contributed by atoms with Crippen LogP contribution in [0.15, 0.2) is 108 Å². The summed E-state index contributed by atoms with van der Waals surface area (Å²) in [4.78, 5) is 38.8. The zero-order valence-corrected chi connectivity index (χ0v) is 31.1. The van der Waals surface area contributed by atoms with Gasteiger partial charge in [0.2, 0.25) is 0 Å². The van der Waals surface area contributed by atoms with E-state index in [0.717, 1.165) is 80.2 Å². The Morgan fingerprint density at radius 1 is 0.893 bits per heavy atom. The van der Waals surface area contributed by atoms with Crippen LogP contribution < -0.4 is 5.56 Å². The van der Waals surface area contributed by atoms with Gasteiger partial charge in [0.05, 0.1) is 41.5 Å². The molecule has 3 aliphatic rings. The van der Waals surface area contributed by atoms with E-state index in [1.165, 1.54) is 22.1 Å². The molecule has 8 rings (SSSR count). The highest BCUT2D eigenvalue weighted by molar-refractivity contribution is 5.82. The van der Waals surface area contributed by atoms with Crippen LogP contribution in [-0.4, -0.2) is 56.5 Å². The first-order valence-corrected chi connectivity index (χ1v) is 19.4. The smallest absolute Gasteiger partial charge is 0.378 e. The fraction of sp³-hybridized carbons (Fsp3) is 0.356. The zero-order chi connectivity index (χ0) is 38.9. The van der Waals surface area contributed by atoms with Gasteiger partial charge in [0, 0.05) is 26.2 Å². The number of aryl methyl sites for hydroxylation is 1. The number of fused-ring (bicyclic) bond motifs is 1. The lowest BCUT2D eigenvalue weighted by Crippen LogP contribution is -2.36. The molecule has 1 aromatic heterocycles. The summed E-state index contributed by atoms with van der Waals surface area (Å²) >= 11 is 0. The second-order valence-corrected chi connectivity index (χ2v) is 15.4. The minimum Gasteiger partial charge on any atom is -0.378 e. The number of alkyl halides is 3. The maximum absolute atomic E-state index is 13.6. The first-order valence-electron chi connectivity index (χ1n) is 19.4. The van der Waals surface area contributed by atoms with Crippen LogP contribution in [0.5, 0.6) is 0 Å². The predicted molar refractivity (Wildman–Crippen MR) is 206 cm³/mol. The Balaban J connectivity index is 0.916. The van der Waals surface area contributed by atoms with E-state index in [0.29, 0.717) is 42.6 Å². The fourth-order valence-electron chi connectivity index (χ4n) is 8.10. The number of nitrogens with one attached hydrogen (secondary N) is 1. The van der Waals surface area contributed by atoms with Gasteiger partial charge >= 0.3 is 6.18 Å². The van der Waals surface area contributed by atoms with Gasteiger partial charge in [-0.05, 0) is 84.0 Å². The third-order valence-electron chi connectivity index (χ3n) is 11.5. The van der Waals surface area contributed by atoms with Crippen LogP contribution in [0.1, 0.15) is 83.1 Å². The van der Waals surface area contributed by atoms with Gasteiger partial charge in [0.25, 0.3) is 11.5 Å². The number of halogens is 3. The third kappa shape index (κ3) is 8.21. The Kier molecular flexibility index (Phi) is 10.7. The van der Waals surface area contributed by atoms with Gasteiger partial charge < -0.3 is 19.7 Å². The lowest BCUT2D eigenvalue weighted by atomic mass is 9.91. The summed E-state index contributed by atoms with van der Waals surface area (Å²) < 4.78 is 46.0. The van der Waals surface area contributed by atoms with E-state index in [2.05, 4.69) is 64.5 Å². The number of rotatable bonds is 10. The number of piperidine rings is 1. The number of likely N-dealkylation sites (tertiary alicyclic amines) is 1. The van der Waals surface area contributed by atoms with E-state index in [4.69, 9.17) is 9.72 Å². The van der Waals surface area contributed by atoms with Gasteiger partial charge in [-0.3, -0.25) is 14.5 Å². The molecule has 1 saturated carbocycles. The number of carbonyl (C=O) groups is 1. The number of hydrogen-bond acceptors (Lipinski definition) is 6. The molecule has 2 N–H and O–H groups in total. The number of ether oxygens (including phenoxy) is 1. The average Bonchev–Trinajstić information content (AvgIpc) is 4.06. The molecule has 0 unspecified atom stereocenters. The molecule has 56 heavy (non-hydrogen) atoms. The van der Waals surface area contributed by atoms with Crippen LogP contribution >= 0.6 is 0 Å². The Labute approximate surface area is 324 Å². The van der Waals surface area contributed by atoms with Crippen molar-refractivity contribution in [3.63, 3.8) is 0 Å². The van der Waals surface area contributed by atoms with Crippen molar-refractivity contribution in [2.75, 3.05) is 19.6 Å². The lowest BCUT2D eigenvalue weighted by Gasteiger charge is -2.32. The quantitative estimate of drug-likeness (QED) is 0.151. The van der Waals surface area contributed by atoms with Crippen LogP contribution in [0, 0.1) is 0 Å². The van der Waals surface area contributed by atoms with Crippen LogP contribution in [-0.2, 0) is 47.2 Å². The number of carbonyl (C=O) groups excluding carboxylic acids is 1. The molecule has 5 aromatic rings. The number of nitrogens with zero attached hydrogens (tertiary/aromatic N) is 3. The predicted octanol–water partition coefficient (Wildman–Crippen LogP) is 7.73. The molecule has 2 fully saturated rings. The van der Waals surface area contributed by atoms with Gasteiger partial charge in [0.1, 0.15) is 5.82 Å². The molecule has 4 aromatic carbocycles. The van der Waals surface area contributed by atoms with E-state index in [1.807, 2.05) is 24.3 Å². The number of benzene rings is 4. The number of H-pyrrole nitrogens is 1. The molecule has 3 heterocycles. The summed E-state index contributed by atoms with van der Waals surface area (Å²) in [5.74, 6) is -0.152. The van der Waals surface area contributed by atoms with E-state index >= 15 is 0 Å². The maximum atomic E-state index is 13.6. The van der Waals surface area contributed by atoms with Gasteiger partial charge in [0.15, 0.2) is 6.10 Å². The van der Waals surface area contributed by atoms with Crippen molar-refractivity contribution < 1.29 is 27.8 Å². The van der Waals surface area contributed by atoms with E-state index in [9.17, 15) is 27.9 Å². The highest BCUT2D eigenvalue weighted by Gasteiger charge is 2.49. The van der Waals surface area contributed by atoms with Crippen molar-refractivity contribution >= 4 is 5.91 Å². The Morgan fingerprint density at radius 2 is 1.64 bits per heavy atom. The summed E-state index contributed by atoms with van der Waals surface area (Å²) in [7, 11) is 0. The number of aromatic amines is 1. The summed E-state index contributed by atoms with van der Waals surface area (Å²) in [6.45, 7) is 3.71. The number of aliphatic hydroxyl groups excluding tert-OH is 1. The highest BCUT2D eigenvalue weighted by atomic mass is 19.4. The Morgan fingerprint density at radius 3 is 2.38 bits per heavy atom. The Bertz CT molecular complexity index is 2230. The molecule has 0 bridgehead atoms. The first-order chi connectivity index (χ1) is 27.1. The van der Waals surface area contributed by atoms with E-state index in [-0.39, 0.29) is 24.2 Å². The minimum atomic E-state index is -4.61. The standard InChI is InChI=1S/C45H45F3N4O4/c46-45(47,48)36-12-5-10-34(26-36)40(53)42(55)52-22-6-13-39-38(28-52)41(54)50-43(49-39)44(20-21-44)35-11-4-9-33(25-35)32-16-14-30(15-17-32)27-51-23-18-37(19-24-51)56-29-31-7-2-1-3-8-31/h1-5,7-12,14-17,25-26,37,40,53H,6,13,18-24,27-29H2,(H,49,50,54)/t40-/m1/s1. The van der Waals surface area contributed by atoms with Crippen molar-refractivity contribution in [2.45, 2.75) is 82.0 Å². The summed E-state index contributed by atoms with van der Waals surface area (Å²) in [6.07, 6.45) is -1.45. The van der Waals surface area contributed by atoms with Gasteiger partial charge in [-0.25, -0.2) is 4.98 Å². The molecule has 1 aliphatic carbocycles. The monoisotopic (exact) mass is 762 g/mol. The number of amides is 1. The normalized spacial score (nSPS) is 17.9. The van der Waals surface area contributed by atoms with Crippen LogP contribution in [0.25, 0.3) is 11.1 Å². The van der Waals surface area contributed by atoms with E-state index in [1.54, 1.807) is 0 Å². The lowest BCUT2D eigenvalue weighted by molar-refractivity contribution is -0.142. The zero-order valence-electron chi connectivity index (χ0n) is 31.1.